The Balaban J connectivity index is 1.92. The molecule has 82 valence electrons. The van der Waals surface area contributed by atoms with Crippen molar-refractivity contribution >= 4 is 21.6 Å². The number of nitrogens with zero attached hydrogens (tertiary/aromatic N) is 3. The van der Waals surface area contributed by atoms with Crippen LogP contribution in [0, 0.1) is 0 Å². The SMILES string of the molecule is CN1CCN(Nc2cncc(Br)c2)CC1. The molecule has 15 heavy (non-hydrogen) atoms. The van der Waals surface area contributed by atoms with E-state index in [2.05, 4.69) is 43.3 Å². The molecule has 0 aromatic carbocycles. The van der Waals surface area contributed by atoms with Crippen LogP contribution < -0.4 is 5.43 Å². The molecule has 1 saturated heterocycles. The van der Waals surface area contributed by atoms with E-state index in [9.17, 15) is 0 Å². The molecule has 5 heteroatoms. The summed E-state index contributed by atoms with van der Waals surface area (Å²) in [6.45, 7) is 4.30. The summed E-state index contributed by atoms with van der Waals surface area (Å²) >= 11 is 3.41. The predicted octanol–water partition coefficient (Wildman–Crippen LogP) is 1.42. The summed E-state index contributed by atoms with van der Waals surface area (Å²) < 4.78 is 1.00. The summed E-state index contributed by atoms with van der Waals surface area (Å²) in [5.74, 6) is 0. The number of halogens is 1. The highest BCUT2D eigenvalue weighted by Gasteiger charge is 2.13. The van der Waals surface area contributed by atoms with Crippen molar-refractivity contribution in [2.24, 2.45) is 0 Å². The van der Waals surface area contributed by atoms with Gasteiger partial charge in [0.1, 0.15) is 0 Å². The highest BCUT2D eigenvalue weighted by molar-refractivity contribution is 9.10. The first-order valence-corrected chi connectivity index (χ1v) is 5.84. The molecule has 1 aliphatic rings. The minimum Gasteiger partial charge on any atom is -0.317 e. The molecule has 1 aromatic rings. The number of pyridine rings is 1. The number of hydrogen-bond donors (Lipinski definition) is 1. The van der Waals surface area contributed by atoms with Crippen LogP contribution in [0.5, 0.6) is 0 Å². The van der Waals surface area contributed by atoms with E-state index in [1.165, 1.54) is 0 Å². The molecule has 0 unspecified atom stereocenters. The smallest absolute Gasteiger partial charge is 0.0684 e. The summed E-state index contributed by atoms with van der Waals surface area (Å²) in [5.41, 5.74) is 4.39. The van der Waals surface area contributed by atoms with Crippen molar-refractivity contribution in [2.45, 2.75) is 0 Å². The van der Waals surface area contributed by atoms with Gasteiger partial charge in [-0.2, -0.15) is 0 Å². The van der Waals surface area contributed by atoms with Gasteiger partial charge in [-0.1, -0.05) is 0 Å². The fourth-order valence-electron chi connectivity index (χ4n) is 1.57. The van der Waals surface area contributed by atoms with Crippen molar-refractivity contribution in [2.75, 3.05) is 38.7 Å². The lowest BCUT2D eigenvalue weighted by atomic mass is 10.4. The molecule has 4 nitrogen and oxygen atoms in total. The van der Waals surface area contributed by atoms with Crippen LogP contribution in [0.2, 0.25) is 0 Å². The van der Waals surface area contributed by atoms with Gasteiger partial charge in [0, 0.05) is 36.8 Å². The Morgan fingerprint density at radius 3 is 2.67 bits per heavy atom. The lowest BCUT2D eigenvalue weighted by Crippen LogP contribution is -2.46. The number of piperazine rings is 1. The van der Waals surface area contributed by atoms with Crippen molar-refractivity contribution < 1.29 is 0 Å². The zero-order chi connectivity index (χ0) is 10.7. The molecule has 2 heterocycles. The van der Waals surface area contributed by atoms with E-state index in [-0.39, 0.29) is 0 Å². The Morgan fingerprint density at radius 2 is 2.00 bits per heavy atom. The molecule has 0 saturated carbocycles. The van der Waals surface area contributed by atoms with Crippen LogP contribution in [0.3, 0.4) is 0 Å². The average molecular weight is 271 g/mol. The van der Waals surface area contributed by atoms with Crippen LogP contribution in [0.1, 0.15) is 0 Å². The van der Waals surface area contributed by atoms with E-state index >= 15 is 0 Å². The van der Waals surface area contributed by atoms with E-state index < -0.39 is 0 Å². The molecule has 1 aromatic heterocycles. The maximum Gasteiger partial charge on any atom is 0.0684 e. The number of aromatic nitrogens is 1. The Bertz CT molecular complexity index is 323. The van der Waals surface area contributed by atoms with Gasteiger partial charge in [0.15, 0.2) is 0 Å². The zero-order valence-corrected chi connectivity index (χ0v) is 10.4. The highest BCUT2D eigenvalue weighted by Crippen LogP contribution is 2.14. The third-order valence-electron chi connectivity index (χ3n) is 2.50. The van der Waals surface area contributed by atoms with Crippen LogP contribution in [0.25, 0.3) is 0 Å². The molecular weight excluding hydrogens is 256 g/mol. The van der Waals surface area contributed by atoms with Gasteiger partial charge >= 0.3 is 0 Å². The lowest BCUT2D eigenvalue weighted by Gasteiger charge is -2.32. The van der Waals surface area contributed by atoms with Crippen LogP contribution >= 0.6 is 15.9 Å². The van der Waals surface area contributed by atoms with E-state index in [0.717, 1.165) is 36.3 Å². The maximum absolute atomic E-state index is 4.12. The van der Waals surface area contributed by atoms with Gasteiger partial charge in [0.05, 0.1) is 11.9 Å². The second kappa shape index (κ2) is 4.92. The van der Waals surface area contributed by atoms with Crippen LogP contribution in [-0.4, -0.2) is 48.1 Å². The highest BCUT2D eigenvalue weighted by atomic mass is 79.9. The van der Waals surface area contributed by atoms with Gasteiger partial charge in [-0.3, -0.25) is 4.98 Å². The van der Waals surface area contributed by atoms with Crippen molar-refractivity contribution in [1.29, 1.82) is 0 Å². The standard InChI is InChI=1S/C10H15BrN4/c1-14-2-4-15(5-3-14)13-10-6-9(11)7-12-8-10/h6-8,13H,2-5H2,1H3. The molecule has 0 atom stereocenters. The molecule has 1 aliphatic heterocycles. The maximum atomic E-state index is 4.12. The third kappa shape index (κ3) is 3.15. The molecular formula is C10H15BrN4. The minimum absolute atomic E-state index is 1.00. The predicted molar refractivity (Wildman–Crippen MR) is 64.6 cm³/mol. The van der Waals surface area contributed by atoms with Crippen LogP contribution in [-0.2, 0) is 0 Å². The number of likely N-dealkylation sites (N-methyl/N-ethyl adjacent to an activating group) is 1. The van der Waals surface area contributed by atoms with E-state index in [0.29, 0.717) is 0 Å². The Hall–Kier alpha value is -0.650. The number of nitrogens with one attached hydrogen (secondary N) is 1. The Morgan fingerprint density at radius 1 is 1.27 bits per heavy atom. The Kier molecular flexibility index (Phi) is 3.56. The van der Waals surface area contributed by atoms with E-state index in [1.54, 1.807) is 6.20 Å². The van der Waals surface area contributed by atoms with E-state index in [1.807, 2.05) is 12.3 Å². The Labute approximate surface area is 98.4 Å². The molecule has 1 fully saturated rings. The molecule has 0 amide bonds. The zero-order valence-electron chi connectivity index (χ0n) is 8.78. The first-order valence-electron chi connectivity index (χ1n) is 5.05. The first kappa shape index (κ1) is 10.9. The fraction of sp³-hybridized carbons (Fsp3) is 0.500. The third-order valence-corrected chi connectivity index (χ3v) is 2.93. The molecule has 1 N–H and O–H groups in total. The van der Waals surface area contributed by atoms with Crippen molar-refractivity contribution in [3.8, 4) is 0 Å². The monoisotopic (exact) mass is 270 g/mol. The number of hydrazine groups is 1. The van der Waals surface area contributed by atoms with Gasteiger partial charge in [-0.15, -0.1) is 0 Å². The summed E-state index contributed by atoms with van der Waals surface area (Å²) in [5, 5.41) is 2.23. The van der Waals surface area contributed by atoms with Gasteiger partial charge < -0.3 is 10.3 Å². The topological polar surface area (TPSA) is 31.4 Å². The van der Waals surface area contributed by atoms with E-state index in [4.69, 9.17) is 0 Å². The van der Waals surface area contributed by atoms with Crippen molar-refractivity contribution in [1.82, 2.24) is 14.9 Å². The molecule has 0 bridgehead atoms. The van der Waals surface area contributed by atoms with Crippen LogP contribution in [0.15, 0.2) is 22.9 Å². The number of rotatable bonds is 2. The summed E-state index contributed by atoms with van der Waals surface area (Å²) in [6.07, 6.45) is 3.62. The van der Waals surface area contributed by atoms with Gasteiger partial charge in [0.25, 0.3) is 0 Å². The lowest BCUT2D eigenvalue weighted by molar-refractivity contribution is 0.179. The average Bonchev–Trinajstić information content (AvgIpc) is 2.22. The molecule has 0 spiro atoms. The largest absolute Gasteiger partial charge is 0.317 e. The second-order valence-electron chi connectivity index (χ2n) is 3.79. The number of hydrogen-bond acceptors (Lipinski definition) is 4. The minimum atomic E-state index is 1.00. The molecule has 0 radical (unpaired) electrons. The first-order chi connectivity index (χ1) is 7.24. The van der Waals surface area contributed by atoms with Gasteiger partial charge in [-0.05, 0) is 29.0 Å². The molecule has 0 aliphatic carbocycles. The summed E-state index contributed by atoms with van der Waals surface area (Å²) in [6, 6.07) is 2.03. The fourth-order valence-corrected chi connectivity index (χ4v) is 1.94. The van der Waals surface area contributed by atoms with Gasteiger partial charge in [-0.25, -0.2) is 5.01 Å². The summed E-state index contributed by atoms with van der Waals surface area (Å²) in [4.78, 5) is 6.45. The second-order valence-corrected chi connectivity index (χ2v) is 4.71. The number of anilines is 1. The van der Waals surface area contributed by atoms with Crippen molar-refractivity contribution in [3.63, 3.8) is 0 Å². The van der Waals surface area contributed by atoms with Crippen LogP contribution in [0.4, 0.5) is 5.69 Å². The summed E-state index contributed by atoms with van der Waals surface area (Å²) in [7, 11) is 2.15. The van der Waals surface area contributed by atoms with Crippen molar-refractivity contribution in [3.05, 3.63) is 22.9 Å². The normalized spacial score (nSPS) is 19.1. The quantitative estimate of drug-likeness (QED) is 0.881. The van der Waals surface area contributed by atoms with Gasteiger partial charge in [0.2, 0.25) is 0 Å². The molecule has 2 rings (SSSR count).